The van der Waals surface area contributed by atoms with E-state index in [1.807, 2.05) is 23.7 Å². The van der Waals surface area contributed by atoms with E-state index >= 15 is 0 Å². The lowest BCUT2D eigenvalue weighted by molar-refractivity contribution is 0.0172. The molecule has 1 aliphatic carbocycles. The summed E-state index contributed by atoms with van der Waals surface area (Å²) in [4.78, 5) is 28.6. The largest absolute Gasteiger partial charge is 0.353 e. The smallest absolute Gasteiger partial charge is 0.280 e. The molecule has 44 heavy (non-hydrogen) atoms. The number of nitriles is 1. The number of fused-ring (bicyclic) bond motifs is 1. The van der Waals surface area contributed by atoms with E-state index in [0.717, 1.165) is 35.4 Å². The lowest BCUT2D eigenvalue weighted by atomic mass is 9.83. The maximum absolute atomic E-state index is 14.5. The summed E-state index contributed by atoms with van der Waals surface area (Å²) in [5, 5.41) is 10.6. The highest BCUT2D eigenvalue weighted by atomic mass is 32.2. The van der Waals surface area contributed by atoms with Crippen LogP contribution >= 0.6 is 0 Å². The molecule has 8 rings (SSSR count). The van der Waals surface area contributed by atoms with Crippen LogP contribution in [-0.2, 0) is 23.4 Å². The van der Waals surface area contributed by atoms with Crippen LogP contribution in [0, 0.1) is 22.6 Å². The number of aromatic amines is 1. The van der Waals surface area contributed by atoms with Crippen molar-refractivity contribution in [1.82, 2.24) is 29.0 Å². The van der Waals surface area contributed by atoms with Crippen molar-refractivity contribution in [2.75, 3.05) is 24.6 Å². The number of H-pyrrole nitrogens is 1. The number of halogens is 1. The Morgan fingerprint density at radius 3 is 2.61 bits per heavy atom. The molecule has 4 aromatic heterocycles. The molecule has 10 nitrogen and oxygen atoms in total. The molecule has 0 atom stereocenters. The summed E-state index contributed by atoms with van der Waals surface area (Å²) in [6.07, 6.45) is 6.99. The molecule has 2 aliphatic heterocycles. The summed E-state index contributed by atoms with van der Waals surface area (Å²) >= 11 is 0. The van der Waals surface area contributed by atoms with E-state index in [9.17, 15) is 22.9 Å². The first-order valence-corrected chi connectivity index (χ1v) is 16.3. The average molecular weight is 610 g/mol. The van der Waals surface area contributed by atoms with Crippen LogP contribution in [-0.4, -0.2) is 62.0 Å². The Hall–Kier alpha value is -4.60. The van der Waals surface area contributed by atoms with E-state index in [4.69, 9.17) is 4.98 Å². The lowest BCUT2D eigenvalue weighted by Crippen LogP contribution is -2.67. The zero-order chi connectivity index (χ0) is 30.4. The Morgan fingerprint density at radius 2 is 1.93 bits per heavy atom. The van der Waals surface area contributed by atoms with Crippen molar-refractivity contribution in [2.45, 2.75) is 25.3 Å². The summed E-state index contributed by atoms with van der Waals surface area (Å²) in [6, 6.07) is 12.5. The summed E-state index contributed by atoms with van der Waals surface area (Å²) in [7, 11) is -1.04. The highest BCUT2D eigenvalue weighted by Gasteiger charge is 2.55. The monoisotopic (exact) mass is 609 g/mol. The number of benzene rings is 1. The number of nitrogens with one attached hydrogen (secondary N) is 1. The Bertz CT molecular complexity index is 2200. The topological polar surface area (TPSA) is 130 Å². The Labute approximate surface area is 252 Å². The lowest BCUT2D eigenvalue weighted by Gasteiger charge is -2.54. The molecule has 0 bridgehead atoms. The van der Waals surface area contributed by atoms with E-state index in [-0.39, 0.29) is 34.2 Å². The number of pyridine rings is 2. The van der Waals surface area contributed by atoms with Crippen LogP contribution in [0.1, 0.15) is 35.7 Å². The molecule has 1 spiro atoms. The number of aromatic nitrogens is 5. The van der Waals surface area contributed by atoms with E-state index in [0.29, 0.717) is 53.3 Å². The van der Waals surface area contributed by atoms with Crippen molar-refractivity contribution in [3.63, 3.8) is 0 Å². The van der Waals surface area contributed by atoms with Crippen molar-refractivity contribution in [2.24, 2.45) is 12.5 Å². The van der Waals surface area contributed by atoms with Gasteiger partial charge in [-0.05, 0) is 54.3 Å². The minimum Gasteiger partial charge on any atom is -0.353 e. The third-order valence-corrected chi connectivity index (χ3v) is 11.1. The van der Waals surface area contributed by atoms with Gasteiger partial charge in [0.25, 0.3) is 5.56 Å². The molecule has 3 fully saturated rings. The van der Waals surface area contributed by atoms with Crippen molar-refractivity contribution in [3.05, 3.63) is 88.1 Å². The van der Waals surface area contributed by atoms with Crippen molar-refractivity contribution >= 4 is 20.7 Å². The van der Waals surface area contributed by atoms with Crippen LogP contribution in [0.2, 0.25) is 0 Å². The van der Waals surface area contributed by atoms with E-state index in [1.54, 1.807) is 24.5 Å². The Kier molecular flexibility index (Phi) is 5.79. The standard InChI is InChI=1S/C32H28FN7O3S/c1-38-7-6-35-30(38)26-10-22(33)4-5-24(26)20-8-27(19-2-3-19)37-28(9-20)40-13-21(12-34)25-11-23(36-29(25)31(40)41)14-39-15-32(16-39)17-44(42,43)18-32/h4-11,13,19,36H,2-3,14-18H2,1H3. The van der Waals surface area contributed by atoms with Gasteiger partial charge in [0.05, 0.1) is 17.1 Å². The summed E-state index contributed by atoms with van der Waals surface area (Å²) in [5.74, 6) is 1.36. The van der Waals surface area contributed by atoms with Gasteiger partial charge in [0.15, 0.2) is 9.84 Å². The number of hydrogen-bond donors (Lipinski definition) is 1. The first-order chi connectivity index (χ1) is 21.1. The second-order valence-electron chi connectivity index (χ2n) is 12.6. The number of likely N-dealkylation sites (tertiary alicyclic amines) is 1. The van der Waals surface area contributed by atoms with E-state index in [1.165, 1.54) is 22.9 Å². The van der Waals surface area contributed by atoms with E-state index < -0.39 is 9.84 Å². The molecule has 6 heterocycles. The number of sulfone groups is 1. The van der Waals surface area contributed by atoms with Crippen LogP contribution in [0.15, 0.2) is 59.8 Å². The van der Waals surface area contributed by atoms with Gasteiger partial charge in [0.2, 0.25) is 0 Å². The predicted octanol–water partition coefficient (Wildman–Crippen LogP) is 3.90. The number of rotatable bonds is 6. The molecule has 1 saturated carbocycles. The molecular weight excluding hydrogens is 581 g/mol. The average Bonchev–Trinajstić information content (AvgIpc) is 3.59. The van der Waals surface area contributed by atoms with Gasteiger partial charge in [-0.2, -0.15) is 5.26 Å². The molecule has 0 unspecified atom stereocenters. The van der Waals surface area contributed by atoms with Gasteiger partial charge >= 0.3 is 0 Å². The fourth-order valence-electron chi connectivity index (χ4n) is 6.92. The first kappa shape index (κ1) is 27.0. The van der Waals surface area contributed by atoms with Crippen LogP contribution in [0.3, 0.4) is 0 Å². The molecule has 222 valence electrons. The second kappa shape index (κ2) is 9.45. The zero-order valence-corrected chi connectivity index (χ0v) is 24.7. The molecule has 3 aliphatic rings. The normalized spacial score (nSPS) is 18.7. The highest BCUT2D eigenvalue weighted by molar-refractivity contribution is 7.92. The molecular formula is C32H28FN7O3S. The van der Waals surface area contributed by atoms with Crippen LogP contribution in [0.5, 0.6) is 0 Å². The van der Waals surface area contributed by atoms with Gasteiger partial charge in [0, 0.05) is 78.9 Å². The van der Waals surface area contributed by atoms with Crippen LogP contribution < -0.4 is 5.56 Å². The van der Waals surface area contributed by atoms with Gasteiger partial charge in [-0.3, -0.25) is 14.3 Å². The van der Waals surface area contributed by atoms with Gasteiger partial charge in [0.1, 0.15) is 29.0 Å². The fraction of sp³-hybridized carbons (Fsp3) is 0.312. The predicted molar refractivity (Wildman–Crippen MR) is 162 cm³/mol. The van der Waals surface area contributed by atoms with Crippen LogP contribution in [0.25, 0.3) is 39.2 Å². The van der Waals surface area contributed by atoms with Crippen molar-refractivity contribution in [3.8, 4) is 34.4 Å². The minimum absolute atomic E-state index is 0.133. The molecule has 12 heteroatoms. The maximum Gasteiger partial charge on any atom is 0.280 e. The van der Waals surface area contributed by atoms with Crippen molar-refractivity contribution in [1.29, 1.82) is 5.26 Å². The first-order valence-electron chi connectivity index (χ1n) is 14.5. The Balaban J connectivity index is 1.20. The van der Waals surface area contributed by atoms with Gasteiger partial charge in [-0.15, -0.1) is 0 Å². The number of imidazole rings is 1. The van der Waals surface area contributed by atoms with E-state index in [2.05, 4.69) is 20.9 Å². The van der Waals surface area contributed by atoms with Gasteiger partial charge < -0.3 is 9.55 Å². The highest BCUT2D eigenvalue weighted by Crippen LogP contribution is 2.43. The summed E-state index contributed by atoms with van der Waals surface area (Å²) < 4.78 is 41.1. The van der Waals surface area contributed by atoms with Crippen molar-refractivity contribution < 1.29 is 12.8 Å². The van der Waals surface area contributed by atoms with Gasteiger partial charge in [-0.1, -0.05) is 6.07 Å². The number of hydrogen-bond acceptors (Lipinski definition) is 7. The number of aryl methyl sites for hydroxylation is 1. The molecule has 1 N–H and O–H groups in total. The number of nitrogens with zero attached hydrogens (tertiary/aromatic N) is 6. The van der Waals surface area contributed by atoms with Gasteiger partial charge in [-0.25, -0.2) is 22.8 Å². The summed E-state index contributed by atoms with van der Waals surface area (Å²) in [5.41, 5.74) is 3.98. The minimum atomic E-state index is -2.90. The quantitative estimate of drug-likeness (QED) is 0.309. The zero-order valence-electron chi connectivity index (χ0n) is 23.9. The second-order valence-corrected chi connectivity index (χ2v) is 14.6. The summed E-state index contributed by atoms with van der Waals surface area (Å²) in [6.45, 7) is 1.92. The van der Waals surface area contributed by atoms with Crippen LogP contribution in [0.4, 0.5) is 4.39 Å². The molecule has 1 aromatic carbocycles. The fourth-order valence-corrected chi connectivity index (χ4v) is 9.07. The third-order valence-electron chi connectivity index (χ3n) is 8.97. The third kappa shape index (κ3) is 4.46. The molecule has 5 aromatic rings. The Morgan fingerprint density at radius 1 is 1.14 bits per heavy atom. The molecule has 2 saturated heterocycles. The molecule has 0 amide bonds. The molecule has 0 radical (unpaired) electrons. The maximum atomic E-state index is 14.5. The SMILES string of the molecule is Cn1ccnc1-c1cc(F)ccc1-c1cc(C2CC2)nc(-n2cc(C#N)c3cc(CN4CC5(C4)CS(=O)(=O)C5)[nH]c3c2=O)c1.